The van der Waals surface area contributed by atoms with E-state index in [9.17, 15) is 0 Å². The molecule has 1 saturated carbocycles. The molecule has 0 nitrogen and oxygen atoms in total. The third-order valence-electron chi connectivity index (χ3n) is 4.22. The van der Waals surface area contributed by atoms with Gasteiger partial charge in [-0.2, -0.15) is 0 Å². The molecule has 1 atom stereocenters. The van der Waals surface area contributed by atoms with Gasteiger partial charge in [-0.25, -0.2) is 0 Å². The smallest absolute Gasteiger partial charge is 0.0414 e. The first-order valence-corrected chi connectivity index (χ1v) is 7.36. The Hall–Kier alpha value is 0. The van der Waals surface area contributed by atoms with Gasteiger partial charge in [0.05, 0.1) is 0 Å². The third kappa shape index (κ3) is 5.58. The molecule has 0 N–H and O–H groups in total. The molecule has 0 heterocycles. The van der Waals surface area contributed by atoms with Crippen LogP contribution in [0.25, 0.3) is 0 Å². The van der Waals surface area contributed by atoms with Crippen molar-refractivity contribution < 1.29 is 0 Å². The van der Waals surface area contributed by atoms with Gasteiger partial charge in [-0.15, -0.1) is 0 Å². The van der Waals surface area contributed by atoms with Crippen molar-refractivity contribution in [2.75, 3.05) is 0 Å². The SMILES string of the molecule is CCCC(CC)CCCC1CCCCC1. The van der Waals surface area contributed by atoms with Crippen LogP contribution < -0.4 is 0 Å². The lowest BCUT2D eigenvalue weighted by Crippen LogP contribution is -2.07. The average molecular weight is 210 g/mol. The molecule has 0 amide bonds. The van der Waals surface area contributed by atoms with Crippen LogP contribution in [0, 0.1) is 11.8 Å². The van der Waals surface area contributed by atoms with Gasteiger partial charge >= 0.3 is 0 Å². The van der Waals surface area contributed by atoms with Crippen LogP contribution >= 0.6 is 0 Å². The molecule has 1 unspecified atom stereocenters. The summed E-state index contributed by atoms with van der Waals surface area (Å²) in [7, 11) is 0. The molecule has 1 aliphatic carbocycles. The Kier molecular flexibility index (Phi) is 7.13. The summed E-state index contributed by atoms with van der Waals surface area (Å²) < 4.78 is 0. The Bertz CT molecular complexity index is 128. The quantitative estimate of drug-likeness (QED) is 0.516. The van der Waals surface area contributed by atoms with Crippen LogP contribution in [0.2, 0.25) is 0 Å². The summed E-state index contributed by atoms with van der Waals surface area (Å²) in [6.07, 6.45) is 16.4. The molecule has 1 aliphatic rings. The standard InChI is InChI=1S/C15H30/c1-3-9-14(4-2)12-8-13-15-10-6-5-7-11-15/h14-15H,3-13H2,1-2H3. The van der Waals surface area contributed by atoms with Gasteiger partial charge in [0.1, 0.15) is 0 Å². The Balaban J connectivity index is 2.03. The van der Waals surface area contributed by atoms with Gasteiger partial charge in [-0.3, -0.25) is 0 Å². The van der Waals surface area contributed by atoms with E-state index in [1.165, 1.54) is 70.6 Å². The van der Waals surface area contributed by atoms with Crippen molar-refractivity contribution in [3.05, 3.63) is 0 Å². The van der Waals surface area contributed by atoms with Crippen molar-refractivity contribution in [1.82, 2.24) is 0 Å². The number of rotatable bonds is 7. The molecular weight excluding hydrogens is 180 g/mol. The molecule has 0 spiro atoms. The molecule has 0 aromatic carbocycles. The summed E-state index contributed by atoms with van der Waals surface area (Å²) in [6, 6.07) is 0. The highest BCUT2D eigenvalue weighted by molar-refractivity contribution is 4.67. The van der Waals surface area contributed by atoms with Crippen molar-refractivity contribution in [3.63, 3.8) is 0 Å². The van der Waals surface area contributed by atoms with Crippen LogP contribution in [0.5, 0.6) is 0 Å². The summed E-state index contributed by atoms with van der Waals surface area (Å²) in [6.45, 7) is 4.69. The Morgan fingerprint density at radius 2 is 1.73 bits per heavy atom. The van der Waals surface area contributed by atoms with E-state index in [1.54, 1.807) is 0 Å². The maximum atomic E-state index is 2.36. The molecule has 1 rings (SSSR count). The number of hydrogen-bond acceptors (Lipinski definition) is 0. The lowest BCUT2D eigenvalue weighted by Gasteiger charge is -2.22. The monoisotopic (exact) mass is 210 g/mol. The summed E-state index contributed by atoms with van der Waals surface area (Å²) in [5.41, 5.74) is 0. The maximum absolute atomic E-state index is 2.36. The highest BCUT2D eigenvalue weighted by Crippen LogP contribution is 2.29. The molecule has 0 saturated heterocycles. The minimum atomic E-state index is 1.03. The van der Waals surface area contributed by atoms with Crippen molar-refractivity contribution in [3.8, 4) is 0 Å². The van der Waals surface area contributed by atoms with Crippen molar-refractivity contribution in [2.24, 2.45) is 11.8 Å². The van der Waals surface area contributed by atoms with E-state index >= 15 is 0 Å². The van der Waals surface area contributed by atoms with Crippen LogP contribution in [0.15, 0.2) is 0 Å². The largest absolute Gasteiger partial charge is 0.0654 e. The van der Waals surface area contributed by atoms with E-state index < -0.39 is 0 Å². The van der Waals surface area contributed by atoms with Crippen molar-refractivity contribution in [2.45, 2.75) is 84.5 Å². The van der Waals surface area contributed by atoms with Gasteiger partial charge in [0.2, 0.25) is 0 Å². The van der Waals surface area contributed by atoms with Crippen LogP contribution in [-0.2, 0) is 0 Å². The van der Waals surface area contributed by atoms with E-state index in [2.05, 4.69) is 13.8 Å². The molecule has 0 aliphatic heterocycles. The van der Waals surface area contributed by atoms with Gasteiger partial charge in [0, 0.05) is 0 Å². The Morgan fingerprint density at radius 1 is 1.00 bits per heavy atom. The molecule has 0 bridgehead atoms. The molecule has 0 heteroatoms. The number of hydrogen-bond donors (Lipinski definition) is 0. The zero-order chi connectivity index (χ0) is 10.9. The predicted octanol–water partition coefficient (Wildman–Crippen LogP) is 5.56. The van der Waals surface area contributed by atoms with Crippen LogP contribution in [0.4, 0.5) is 0 Å². The minimum Gasteiger partial charge on any atom is -0.0654 e. The normalized spacial score (nSPS) is 20.4. The molecular formula is C15H30. The van der Waals surface area contributed by atoms with Crippen LogP contribution in [0.3, 0.4) is 0 Å². The summed E-state index contributed by atoms with van der Waals surface area (Å²) in [5.74, 6) is 2.12. The van der Waals surface area contributed by atoms with E-state index in [-0.39, 0.29) is 0 Å². The van der Waals surface area contributed by atoms with E-state index in [0.29, 0.717) is 0 Å². The third-order valence-corrected chi connectivity index (χ3v) is 4.22. The topological polar surface area (TPSA) is 0 Å². The Morgan fingerprint density at radius 3 is 2.33 bits per heavy atom. The first kappa shape index (κ1) is 13.1. The van der Waals surface area contributed by atoms with E-state index in [0.717, 1.165) is 11.8 Å². The minimum absolute atomic E-state index is 1.03. The Labute approximate surface area is 96.8 Å². The summed E-state index contributed by atoms with van der Waals surface area (Å²) in [5, 5.41) is 0. The maximum Gasteiger partial charge on any atom is -0.0414 e. The second-order valence-corrected chi connectivity index (χ2v) is 5.50. The fourth-order valence-electron chi connectivity index (χ4n) is 3.13. The second-order valence-electron chi connectivity index (χ2n) is 5.50. The van der Waals surface area contributed by atoms with E-state index in [4.69, 9.17) is 0 Å². The molecule has 0 radical (unpaired) electrons. The van der Waals surface area contributed by atoms with Crippen LogP contribution in [0.1, 0.15) is 84.5 Å². The fourth-order valence-corrected chi connectivity index (χ4v) is 3.13. The zero-order valence-electron chi connectivity index (χ0n) is 10.9. The lowest BCUT2D eigenvalue weighted by molar-refractivity contribution is 0.312. The zero-order valence-corrected chi connectivity index (χ0v) is 10.9. The van der Waals surface area contributed by atoms with Gasteiger partial charge in [0.15, 0.2) is 0 Å². The highest BCUT2D eigenvalue weighted by Gasteiger charge is 2.13. The second kappa shape index (κ2) is 8.19. The lowest BCUT2D eigenvalue weighted by atomic mass is 9.84. The van der Waals surface area contributed by atoms with Gasteiger partial charge < -0.3 is 0 Å². The molecule has 1 fully saturated rings. The highest BCUT2D eigenvalue weighted by atomic mass is 14.2. The first-order chi connectivity index (χ1) is 7.36. The van der Waals surface area contributed by atoms with Crippen molar-refractivity contribution in [1.29, 1.82) is 0 Å². The van der Waals surface area contributed by atoms with E-state index in [1.807, 2.05) is 0 Å². The summed E-state index contributed by atoms with van der Waals surface area (Å²) in [4.78, 5) is 0. The average Bonchev–Trinajstić information content (AvgIpc) is 2.29. The fraction of sp³-hybridized carbons (Fsp3) is 1.00. The van der Waals surface area contributed by atoms with Gasteiger partial charge in [-0.1, -0.05) is 84.5 Å². The van der Waals surface area contributed by atoms with Crippen LogP contribution in [-0.4, -0.2) is 0 Å². The van der Waals surface area contributed by atoms with Gasteiger partial charge in [-0.05, 0) is 11.8 Å². The first-order valence-electron chi connectivity index (χ1n) is 7.36. The predicted molar refractivity (Wildman–Crippen MR) is 69.1 cm³/mol. The molecule has 0 aromatic rings. The van der Waals surface area contributed by atoms with Gasteiger partial charge in [0.25, 0.3) is 0 Å². The molecule has 90 valence electrons. The molecule has 0 aromatic heterocycles. The van der Waals surface area contributed by atoms with Crippen molar-refractivity contribution >= 4 is 0 Å². The molecule has 15 heavy (non-hydrogen) atoms. The summed E-state index contributed by atoms with van der Waals surface area (Å²) >= 11 is 0.